The van der Waals surface area contributed by atoms with Gasteiger partial charge in [-0.1, -0.05) is 12.8 Å². The Bertz CT molecular complexity index is 1170. The first-order valence-corrected chi connectivity index (χ1v) is 12.5. The van der Waals surface area contributed by atoms with Crippen LogP contribution in [0.5, 0.6) is 0 Å². The molecule has 0 unspecified atom stereocenters. The molecule has 2 N–H and O–H groups in total. The van der Waals surface area contributed by atoms with E-state index in [0.29, 0.717) is 22.7 Å². The van der Waals surface area contributed by atoms with Crippen molar-refractivity contribution in [1.29, 1.82) is 0 Å². The molecule has 1 aromatic carbocycles. The molecule has 2 saturated heterocycles. The average molecular weight is 479 g/mol. The zero-order valence-corrected chi connectivity index (χ0v) is 20.4. The number of piperazine rings is 1. The molecule has 10 nitrogen and oxygen atoms in total. The van der Waals surface area contributed by atoms with Gasteiger partial charge in [-0.3, -0.25) is 9.69 Å². The number of hydrogen-bond donors (Lipinski definition) is 2. The fourth-order valence-corrected chi connectivity index (χ4v) is 4.84. The molecule has 0 spiro atoms. The summed E-state index contributed by atoms with van der Waals surface area (Å²) in [6.07, 6.45) is 6.30. The first kappa shape index (κ1) is 23.5. The van der Waals surface area contributed by atoms with Gasteiger partial charge in [0, 0.05) is 64.3 Å². The highest BCUT2D eigenvalue weighted by Gasteiger charge is 2.19. The van der Waals surface area contributed by atoms with Crippen molar-refractivity contribution in [3.05, 3.63) is 40.8 Å². The number of ether oxygens (including phenoxy) is 1. The maximum atomic E-state index is 12.6. The summed E-state index contributed by atoms with van der Waals surface area (Å²) < 4.78 is 5.20. The second kappa shape index (κ2) is 11.0. The predicted molar refractivity (Wildman–Crippen MR) is 139 cm³/mol. The van der Waals surface area contributed by atoms with Gasteiger partial charge in [-0.05, 0) is 37.1 Å². The van der Waals surface area contributed by atoms with Crippen LogP contribution in [0.15, 0.2) is 35.3 Å². The molecule has 0 atom stereocenters. The molecule has 3 aromatic rings. The van der Waals surface area contributed by atoms with Gasteiger partial charge in [-0.15, -0.1) is 0 Å². The molecule has 4 heterocycles. The van der Waals surface area contributed by atoms with Gasteiger partial charge < -0.3 is 19.9 Å². The van der Waals surface area contributed by atoms with E-state index in [9.17, 15) is 4.79 Å². The van der Waals surface area contributed by atoms with Crippen molar-refractivity contribution < 1.29 is 4.74 Å². The molecule has 0 saturated carbocycles. The molecule has 2 fully saturated rings. The second-order valence-electron chi connectivity index (χ2n) is 9.23. The lowest BCUT2D eigenvalue weighted by molar-refractivity contribution is 0.144. The Morgan fingerprint density at radius 3 is 2.40 bits per heavy atom. The maximum Gasteiger partial charge on any atom is 0.277 e. The second-order valence-corrected chi connectivity index (χ2v) is 9.23. The van der Waals surface area contributed by atoms with Crippen LogP contribution in [0.3, 0.4) is 0 Å². The zero-order valence-electron chi connectivity index (χ0n) is 20.4. The van der Waals surface area contributed by atoms with Crippen LogP contribution in [-0.2, 0) is 4.74 Å². The minimum absolute atomic E-state index is 0.296. The number of methoxy groups -OCH3 is 1. The van der Waals surface area contributed by atoms with E-state index in [0.717, 1.165) is 70.9 Å². The van der Waals surface area contributed by atoms with Crippen molar-refractivity contribution in [2.45, 2.75) is 25.7 Å². The van der Waals surface area contributed by atoms with Gasteiger partial charge in [0.25, 0.3) is 5.56 Å². The number of nitrogens with one attached hydrogen (secondary N) is 2. The van der Waals surface area contributed by atoms with Gasteiger partial charge in [-0.25, -0.2) is 10.1 Å². The molecule has 2 aromatic heterocycles. The van der Waals surface area contributed by atoms with Gasteiger partial charge in [0.2, 0.25) is 5.95 Å². The standard InChI is InChI=1S/C25H34N8O2/c1-35-17-16-31-12-14-32(15-13-31)20-8-6-19(7-9-20)27-23-22-21(18-26-30-24(22)34)28-25(29-23)33-10-4-2-3-5-11-33/h6-9,18H,2-5,10-17H2,1H3,(H,30,34)(H,27,28,29). The zero-order chi connectivity index (χ0) is 24.0. The molecule has 0 radical (unpaired) electrons. The molecular weight excluding hydrogens is 444 g/mol. The number of H-pyrrole nitrogens is 1. The summed E-state index contributed by atoms with van der Waals surface area (Å²) in [5.41, 5.74) is 2.33. The minimum Gasteiger partial charge on any atom is -0.383 e. The van der Waals surface area contributed by atoms with Crippen LogP contribution in [0.4, 0.5) is 23.1 Å². The lowest BCUT2D eigenvalue weighted by Crippen LogP contribution is -2.47. The van der Waals surface area contributed by atoms with Crippen molar-refractivity contribution in [3.63, 3.8) is 0 Å². The van der Waals surface area contributed by atoms with E-state index in [-0.39, 0.29) is 5.56 Å². The number of fused-ring (bicyclic) bond motifs is 1. The van der Waals surface area contributed by atoms with Crippen LogP contribution in [0.25, 0.3) is 10.9 Å². The van der Waals surface area contributed by atoms with Crippen LogP contribution in [0.2, 0.25) is 0 Å². The normalized spacial score (nSPS) is 17.5. The quantitative estimate of drug-likeness (QED) is 0.530. The van der Waals surface area contributed by atoms with Gasteiger partial charge in [0.15, 0.2) is 0 Å². The molecule has 2 aliphatic rings. The summed E-state index contributed by atoms with van der Waals surface area (Å²) in [5, 5.41) is 10.3. The fraction of sp³-hybridized carbons (Fsp3) is 0.520. The summed E-state index contributed by atoms with van der Waals surface area (Å²) >= 11 is 0. The molecule has 5 rings (SSSR count). The highest BCUT2D eigenvalue weighted by Crippen LogP contribution is 2.26. The van der Waals surface area contributed by atoms with Crippen molar-refractivity contribution in [2.24, 2.45) is 0 Å². The number of aromatic nitrogens is 4. The lowest BCUT2D eigenvalue weighted by Gasteiger charge is -2.36. The highest BCUT2D eigenvalue weighted by atomic mass is 16.5. The first-order valence-electron chi connectivity index (χ1n) is 12.5. The smallest absolute Gasteiger partial charge is 0.277 e. The third kappa shape index (κ3) is 5.54. The molecule has 35 heavy (non-hydrogen) atoms. The Hall–Kier alpha value is -3.24. The first-order chi connectivity index (χ1) is 17.2. The van der Waals surface area contributed by atoms with E-state index in [1.807, 2.05) is 12.1 Å². The largest absolute Gasteiger partial charge is 0.383 e. The van der Waals surface area contributed by atoms with Crippen LogP contribution in [0, 0.1) is 0 Å². The predicted octanol–water partition coefficient (Wildman–Crippen LogP) is 2.61. The van der Waals surface area contributed by atoms with E-state index in [4.69, 9.17) is 9.72 Å². The van der Waals surface area contributed by atoms with E-state index < -0.39 is 0 Å². The van der Waals surface area contributed by atoms with Crippen molar-refractivity contribution in [3.8, 4) is 0 Å². The molecular formula is C25H34N8O2. The Balaban J connectivity index is 1.35. The minimum atomic E-state index is -0.296. The molecule has 0 amide bonds. The average Bonchev–Trinajstić information content (AvgIpc) is 3.18. The third-order valence-electron chi connectivity index (χ3n) is 6.87. The van der Waals surface area contributed by atoms with E-state index in [1.54, 1.807) is 13.3 Å². The Morgan fingerprint density at radius 2 is 1.69 bits per heavy atom. The summed E-state index contributed by atoms with van der Waals surface area (Å²) in [6.45, 7) is 7.66. The van der Waals surface area contributed by atoms with Gasteiger partial charge in [0.1, 0.15) is 16.7 Å². The number of aromatic amines is 1. The van der Waals surface area contributed by atoms with Crippen molar-refractivity contribution in [1.82, 2.24) is 25.1 Å². The Labute approximate surface area is 205 Å². The molecule has 186 valence electrons. The van der Waals surface area contributed by atoms with Crippen LogP contribution in [0.1, 0.15) is 25.7 Å². The Kier molecular flexibility index (Phi) is 7.39. The number of nitrogens with zero attached hydrogens (tertiary/aromatic N) is 6. The van der Waals surface area contributed by atoms with Gasteiger partial charge >= 0.3 is 0 Å². The molecule has 0 aliphatic carbocycles. The maximum absolute atomic E-state index is 12.6. The molecule has 10 heteroatoms. The summed E-state index contributed by atoms with van der Waals surface area (Å²) in [4.78, 5) is 29.1. The van der Waals surface area contributed by atoms with Gasteiger partial charge in [-0.2, -0.15) is 10.1 Å². The van der Waals surface area contributed by atoms with Crippen molar-refractivity contribution >= 4 is 34.0 Å². The number of anilines is 4. The number of rotatable bonds is 7. The fourth-order valence-electron chi connectivity index (χ4n) is 4.84. The van der Waals surface area contributed by atoms with Crippen molar-refractivity contribution in [2.75, 3.05) is 74.6 Å². The van der Waals surface area contributed by atoms with E-state index >= 15 is 0 Å². The van der Waals surface area contributed by atoms with Crippen LogP contribution >= 0.6 is 0 Å². The molecule has 2 aliphatic heterocycles. The number of benzene rings is 1. The summed E-state index contributed by atoms with van der Waals surface area (Å²) in [6, 6.07) is 8.33. The van der Waals surface area contributed by atoms with E-state index in [1.165, 1.54) is 18.5 Å². The monoisotopic (exact) mass is 478 g/mol. The SMILES string of the molecule is COCCN1CCN(c2ccc(Nc3nc(N4CCCCCC4)nc4cn[nH]c(=O)c34)cc2)CC1. The van der Waals surface area contributed by atoms with Crippen LogP contribution in [-0.4, -0.2) is 84.6 Å². The summed E-state index contributed by atoms with van der Waals surface area (Å²) in [7, 11) is 1.75. The Morgan fingerprint density at radius 1 is 0.943 bits per heavy atom. The highest BCUT2D eigenvalue weighted by molar-refractivity contribution is 5.90. The van der Waals surface area contributed by atoms with Gasteiger partial charge in [0.05, 0.1) is 12.8 Å². The lowest BCUT2D eigenvalue weighted by atomic mass is 10.2. The summed E-state index contributed by atoms with van der Waals surface area (Å²) in [5.74, 6) is 1.16. The van der Waals surface area contributed by atoms with E-state index in [2.05, 4.69) is 47.3 Å². The topological polar surface area (TPSA) is 103 Å². The number of hydrogen-bond acceptors (Lipinski definition) is 9. The third-order valence-corrected chi connectivity index (χ3v) is 6.87. The van der Waals surface area contributed by atoms with Crippen LogP contribution < -0.4 is 20.7 Å². The molecule has 0 bridgehead atoms.